The molecule has 2 aromatic carbocycles. The lowest BCUT2D eigenvalue weighted by molar-refractivity contribution is 0.659. The third kappa shape index (κ3) is 1.45. The van der Waals surface area contributed by atoms with Crippen molar-refractivity contribution in [3.8, 4) is 11.1 Å². The van der Waals surface area contributed by atoms with E-state index in [0.717, 1.165) is 18.2 Å². The highest BCUT2D eigenvalue weighted by molar-refractivity contribution is 6.34. The molecular formula is C17H17Cl. The molecule has 0 atom stereocenters. The molecule has 0 spiro atoms. The van der Waals surface area contributed by atoms with E-state index in [1.54, 1.807) is 0 Å². The summed E-state index contributed by atoms with van der Waals surface area (Å²) >= 11 is 6.34. The van der Waals surface area contributed by atoms with Gasteiger partial charge >= 0.3 is 0 Å². The van der Waals surface area contributed by atoms with Gasteiger partial charge in [-0.25, -0.2) is 0 Å². The predicted octanol–water partition coefficient (Wildman–Crippen LogP) is 5.26. The molecule has 3 rings (SSSR count). The Bertz CT molecular complexity index is 994. The Morgan fingerprint density at radius 3 is 2.50 bits per heavy atom. The van der Waals surface area contributed by atoms with E-state index < -0.39 is 32.8 Å². The van der Waals surface area contributed by atoms with Crippen molar-refractivity contribution < 1.29 is 16.4 Å². The molecule has 1 aliphatic rings. The van der Waals surface area contributed by atoms with Gasteiger partial charge in [-0.15, -0.1) is 0 Å². The van der Waals surface area contributed by atoms with Gasteiger partial charge in [0.15, 0.2) is 0 Å². The number of fused-ring (bicyclic) bond motifs is 3. The van der Waals surface area contributed by atoms with Gasteiger partial charge in [-0.05, 0) is 42.0 Å². The zero-order valence-corrected chi connectivity index (χ0v) is 10.0. The second kappa shape index (κ2) is 3.61. The molecule has 0 radical (unpaired) electrons. The van der Waals surface area contributed by atoms with E-state index >= 15 is 0 Å². The van der Waals surface area contributed by atoms with Crippen LogP contribution in [0.15, 0.2) is 30.3 Å². The zero-order chi connectivity index (χ0) is 23.1. The molecule has 0 unspecified atom stereocenters. The molecule has 2 aromatic rings. The molecule has 0 heterocycles. The molecule has 0 aliphatic heterocycles. The van der Waals surface area contributed by atoms with Gasteiger partial charge in [-0.3, -0.25) is 0 Å². The Labute approximate surface area is 130 Å². The van der Waals surface area contributed by atoms with Crippen LogP contribution in [0, 0.1) is 13.7 Å². The molecule has 1 heteroatoms. The van der Waals surface area contributed by atoms with Crippen molar-refractivity contribution in [1.82, 2.24) is 0 Å². The molecule has 0 aromatic heterocycles. The Morgan fingerprint density at radius 1 is 1.00 bits per heavy atom. The first-order valence-corrected chi connectivity index (χ1v) is 5.71. The predicted molar refractivity (Wildman–Crippen MR) is 78.5 cm³/mol. The molecule has 92 valence electrons. The summed E-state index contributed by atoms with van der Waals surface area (Å²) in [5.41, 5.74) is -3.41. The van der Waals surface area contributed by atoms with Crippen LogP contribution < -0.4 is 0 Å². The number of hydrogen-bond donors (Lipinski definition) is 0. The smallest absolute Gasteiger partial charge is 0.0490 e. The minimum Gasteiger partial charge on any atom is -0.0836 e. The fourth-order valence-corrected chi connectivity index (χ4v) is 2.71. The summed E-state index contributed by atoms with van der Waals surface area (Å²) < 4.78 is 95.0. The van der Waals surface area contributed by atoms with Crippen LogP contribution >= 0.6 is 11.6 Å². The van der Waals surface area contributed by atoms with Gasteiger partial charge < -0.3 is 0 Å². The summed E-state index contributed by atoms with van der Waals surface area (Å²) in [6.07, 6.45) is 0. The minimum absolute atomic E-state index is 0.0870. The number of rotatable bonds is 0. The lowest BCUT2D eigenvalue weighted by Gasteiger charge is -2.22. The third-order valence-electron chi connectivity index (χ3n) is 3.19. The molecule has 0 bridgehead atoms. The van der Waals surface area contributed by atoms with Gasteiger partial charge in [-0.1, -0.05) is 55.1 Å². The average molecular weight is 269 g/mol. The van der Waals surface area contributed by atoms with Crippen LogP contribution in [0.4, 0.5) is 0 Å². The molecule has 0 amide bonds. The van der Waals surface area contributed by atoms with Crippen LogP contribution in [-0.2, 0) is 5.41 Å². The van der Waals surface area contributed by atoms with Gasteiger partial charge in [0.05, 0.1) is 0 Å². The highest BCUT2D eigenvalue weighted by Crippen LogP contribution is 2.51. The first-order chi connectivity index (χ1) is 13.3. The quantitative estimate of drug-likeness (QED) is 0.611. The SMILES string of the molecule is [2H]C([2H])([2H])c1ccc2c(c1)C(C([2H])([2H])[2H])(C([2H])([2H])[2H])c1cc(C([2H])([2H])[2H])cc(Cl)c1-2. The van der Waals surface area contributed by atoms with Gasteiger partial charge in [0, 0.05) is 32.5 Å². The fourth-order valence-electron chi connectivity index (χ4n) is 2.39. The Hall–Kier alpha value is -1.27. The van der Waals surface area contributed by atoms with Crippen molar-refractivity contribution in [1.29, 1.82) is 0 Å². The third-order valence-corrected chi connectivity index (χ3v) is 3.49. The molecular weight excluding hydrogens is 240 g/mol. The van der Waals surface area contributed by atoms with Crippen molar-refractivity contribution in [2.75, 3.05) is 0 Å². The topological polar surface area (TPSA) is 0 Å². The molecule has 1 aliphatic carbocycles. The van der Waals surface area contributed by atoms with E-state index in [1.165, 1.54) is 12.1 Å². The van der Waals surface area contributed by atoms with Crippen molar-refractivity contribution in [2.24, 2.45) is 0 Å². The van der Waals surface area contributed by atoms with Gasteiger partial charge in [0.25, 0.3) is 0 Å². The van der Waals surface area contributed by atoms with E-state index in [-0.39, 0.29) is 38.4 Å². The monoisotopic (exact) mass is 268 g/mol. The van der Waals surface area contributed by atoms with Crippen LogP contribution in [0.1, 0.15) is 52.4 Å². The van der Waals surface area contributed by atoms with E-state index in [9.17, 15) is 0 Å². The van der Waals surface area contributed by atoms with E-state index in [2.05, 4.69) is 0 Å². The zero-order valence-electron chi connectivity index (χ0n) is 21.3. The van der Waals surface area contributed by atoms with Crippen LogP contribution in [-0.4, -0.2) is 0 Å². The van der Waals surface area contributed by atoms with E-state index in [0.29, 0.717) is 0 Å². The first-order valence-electron chi connectivity index (χ1n) is 11.3. The van der Waals surface area contributed by atoms with Crippen LogP contribution in [0.2, 0.25) is 5.02 Å². The van der Waals surface area contributed by atoms with Gasteiger partial charge in [-0.2, -0.15) is 0 Å². The first kappa shape index (κ1) is 4.38. The van der Waals surface area contributed by atoms with E-state index in [4.69, 9.17) is 28.1 Å². The highest BCUT2D eigenvalue weighted by Gasteiger charge is 2.36. The second-order valence-corrected chi connectivity index (χ2v) is 4.80. The van der Waals surface area contributed by atoms with Gasteiger partial charge in [0.1, 0.15) is 0 Å². The highest BCUT2D eigenvalue weighted by atomic mass is 35.5. The summed E-state index contributed by atoms with van der Waals surface area (Å²) in [7, 11) is 0. The lowest BCUT2D eigenvalue weighted by atomic mass is 9.81. The summed E-state index contributed by atoms with van der Waals surface area (Å²) in [5.74, 6) is 0. The summed E-state index contributed by atoms with van der Waals surface area (Å²) in [4.78, 5) is 0. The largest absolute Gasteiger partial charge is 0.0836 e. The van der Waals surface area contributed by atoms with Crippen LogP contribution in [0.5, 0.6) is 0 Å². The summed E-state index contributed by atoms with van der Waals surface area (Å²) in [5, 5.41) is -0.114. The molecule has 0 saturated carbocycles. The maximum atomic E-state index is 8.17. The summed E-state index contributed by atoms with van der Waals surface area (Å²) in [6.45, 7) is -11.6. The standard InChI is InChI=1S/C17H17Cl/c1-10-5-6-12-13(7-10)17(3,4)14-8-11(2)9-15(18)16(12)14/h5-9H,1-4H3/i1D3,2D3,3D3,4D3. The molecule has 0 N–H and O–H groups in total. The molecule has 0 saturated heterocycles. The maximum Gasteiger partial charge on any atom is 0.0490 e. The van der Waals surface area contributed by atoms with E-state index in [1.807, 2.05) is 0 Å². The van der Waals surface area contributed by atoms with Gasteiger partial charge in [0.2, 0.25) is 0 Å². The average Bonchev–Trinajstić information content (AvgIpc) is 2.83. The van der Waals surface area contributed by atoms with Crippen molar-refractivity contribution in [2.45, 2.75) is 32.8 Å². The Kier molecular flexibility index (Phi) is 0.880. The number of hydrogen-bond acceptors (Lipinski definition) is 0. The normalized spacial score (nSPS) is 28.1. The number of benzene rings is 2. The second-order valence-electron chi connectivity index (χ2n) is 4.39. The van der Waals surface area contributed by atoms with Crippen molar-refractivity contribution >= 4 is 11.6 Å². The minimum atomic E-state index is -3.16. The number of halogens is 1. The van der Waals surface area contributed by atoms with Crippen LogP contribution in [0.25, 0.3) is 11.1 Å². The van der Waals surface area contributed by atoms with Crippen molar-refractivity contribution in [3.63, 3.8) is 0 Å². The number of aryl methyl sites for hydroxylation is 2. The van der Waals surface area contributed by atoms with Crippen LogP contribution in [0.3, 0.4) is 0 Å². The Morgan fingerprint density at radius 2 is 1.78 bits per heavy atom. The molecule has 0 nitrogen and oxygen atoms in total. The molecule has 0 fully saturated rings. The molecule has 18 heavy (non-hydrogen) atoms. The lowest BCUT2D eigenvalue weighted by Crippen LogP contribution is -2.15. The summed E-state index contributed by atoms with van der Waals surface area (Å²) in [6, 6.07) is 5.85. The maximum absolute atomic E-state index is 8.17. The van der Waals surface area contributed by atoms with Crippen molar-refractivity contribution in [3.05, 3.63) is 57.6 Å². The Balaban J connectivity index is 2.57. The fraction of sp³-hybridized carbons (Fsp3) is 0.294.